The molecular weight excluding hydrogens is 314 g/mol. The first kappa shape index (κ1) is 15.4. The molecule has 2 aromatic carbocycles. The number of amides is 2. The van der Waals surface area contributed by atoms with E-state index in [0.717, 1.165) is 33.5 Å². The molecule has 0 fully saturated rings. The second-order valence-electron chi connectivity index (χ2n) is 6.25. The molecule has 0 radical (unpaired) electrons. The summed E-state index contributed by atoms with van der Waals surface area (Å²) in [6, 6.07) is 15.0. The number of anilines is 1. The van der Waals surface area contributed by atoms with Crippen LogP contribution in [0.15, 0.2) is 54.7 Å². The molecule has 25 heavy (non-hydrogen) atoms. The molecule has 4 rings (SSSR count). The highest BCUT2D eigenvalue weighted by atomic mass is 16.5. The summed E-state index contributed by atoms with van der Waals surface area (Å²) in [4.78, 5) is 18.5. The van der Waals surface area contributed by atoms with Crippen molar-refractivity contribution in [3.63, 3.8) is 0 Å². The van der Waals surface area contributed by atoms with Crippen LogP contribution in [0.25, 0.3) is 10.9 Å². The van der Waals surface area contributed by atoms with Crippen LogP contribution in [0, 0.1) is 6.92 Å². The van der Waals surface area contributed by atoms with Crippen LogP contribution in [-0.2, 0) is 0 Å². The maximum Gasteiger partial charge on any atom is 0.319 e. The molecule has 2 heterocycles. The van der Waals surface area contributed by atoms with Crippen LogP contribution in [0.5, 0.6) is 5.75 Å². The van der Waals surface area contributed by atoms with E-state index in [4.69, 9.17) is 10.5 Å². The van der Waals surface area contributed by atoms with Gasteiger partial charge in [0.15, 0.2) is 0 Å². The summed E-state index contributed by atoms with van der Waals surface area (Å²) >= 11 is 0. The predicted octanol–water partition coefficient (Wildman–Crippen LogP) is 3.95. The van der Waals surface area contributed by atoms with Crippen LogP contribution < -0.4 is 15.4 Å². The quantitative estimate of drug-likeness (QED) is 0.772. The topological polar surface area (TPSA) is 68.5 Å². The minimum Gasteiger partial charge on any atom is -0.493 e. The van der Waals surface area contributed by atoms with Crippen LogP contribution >= 0.6 is 0 Å². The maximum atomic E-state index is 12.4. The van der Waals surface area contributed by atoms with Crippen molar-refractivity contribution in [1.29, 1.82) is 0 Å². The number of ether oxygens (including phenoxy) is 1. The highest BCUT2D eigenvalue weighted by molar-refractivity contribution is 6.02. The standard InChI is InChI=1S/C20H19N3O2/c1-13-7-8-19-15(12-13)18(9-11-25-19)23(20(21)24)17-6-2-5-16-14(17)4-3-10-22-16/h2-8,10,12,18H,9,11H2,1H3,(H2,21,24). The lowest BCUT2D eigenvalue weighted by atomic mass is 9.96. The van der Waals surface area contributed by atoms with Crippen molar-refractivity contribution in [2.75, 3.05) is 11.5 Å². The van der Waals surface area contributed by atoms with Crippen molar-refractivity contribution in [2.24, 2.45) is 5.73 Å². The normalized spacial score (nSPS) is 16.1. The Kier molecular flexibility index (Phi) is 3.76. The number of nitrogens with two attached hydrogens (primary N) is 1. The highest BCUT2D eigenvalue weighted by Crippen LogP contribution is 2.40. The Balaban J connectivity index is 1.89. The predicted molar refractivity (Wildman–Crippen MR) is 97.8 cm³/mol. The maximum absolute atomic E-state index is 12.4. The van der Waals surface area contributed by atoms with Gasteiger partial charge in [-0.3, -0.25) is 9.88 Å². The van der Waals surface area contributed by atoms with E-state index in [9.17, 15) is 4.79 Å². The third-order valence-electron chi connectivity index (χ3n) is 4.60. The second kappa shape index (κ2) is 6.09. The summed E-state index contributed by atoms with van der Waals surface area (Å²) in [5, 5.41) is 0.907. The molecule has 0 saturated carbocycles. The Morgan fingerprint density at radius 3 is 2.96 bits per heavy atom. The number of carbonyl (C=O) groups is 1. The number of hydrogen-bond donors (Lipinski definition) is 1. The average molecular weight is 333 g/mol. The van der Waals surface area contributed by atoms with Gasteiger partial charge in [0.05, 0.1) is 23.9 Å². The molecule has 5 heteroatoms. The average Bonchev–Trinajstić information content (AvgIpc) is 2.62. The minimum absolute atomic E-state index is 0.160. The van der Waals surface area contributed by atoms with Crippen molar-refractivity contribution in [2.45, 2.75) is 19.4 Å². The number of aromatic nitrogens is 1. The van der Waals surface area contributed by atoms with E-state index in [2.05, 4.69) is 11.1 Å². The SMILES string of the molecule is Cc1ccc2c(c1)C(N(C(N)=O)c1cccc3ncccc13)CCO2. The lowest BCUT2D eigenvalue weighted by Gasteiger charge is -2.35. The van der Waals surface area contributed by atoms with Crippen LogP contribution in [0.2, 0.25) is 0 Å². The monoisotopic (exact) mass is 333 g/mol. The van der Waals surface area contributed by atoms with Crippen molar-refractivity contribution < 1.29 is 9.53 Å². The first-order valence-electron chi connectivity index (χ1n) is 8.31. The number of aryl methyl sites for hydroxylation is 1. The molecule has 1 unspecified atom stereocenters. The van der Waals surface area contributed by atoms with Gasteiger partial charge in [-0.2, -0.15) is 0 Å². The molecule has 2 amide bonds. The summed E-state index contributed by atoms with van der Waals surface area (Å²) < 4.78 is 5.77. The summed E-state index contributed by atoms with van der Waals surface area (Å²) in [5.74, 6) is 0.812. The fourth-order valence-corrected chi connectivity index (χ4v) is 3.50. The van der Waals surface area contributed by atoms with Gasteiger partial charge in [0.2, 0.25) is 0 Å². The van der Waals surface area contributed by atoms with E-state index in [1.807, 2.05) is 49.4 Å². The van der Waals surface area contributed by atoms with Crippen molar-refractivity contribution >= 4 is 22.6 Å². The second-order valence-corrected chi connectivity index (χ2v) is 6.25. The lowest BCUT2D eigenvalue weighted by Crippen LogP contribution is -2.41. The van der Waals surface area contributed by atoms with Gasteiger partial charge in [-0.25, -0.2) is 4.79 Å². The number of nitrogens with zero attached hydrogens (tertiary/aromatic N) is 2. The number of primary amides is 1. The van der Waals surface area contributed by atoms with Gasteiger partial charge in [-0.1, -0.05) is 23.8 Å². The van der Waals surface area contributed by atoms with E-state index in [1.165, 1.54) is 0 Å². The first-order chi connectivity index (χ1) is 12.1. The highest BCUT2D eigenvalue weighted by Gasteiger charge is 2.31. The first-order valence-corrected chi connectivity index (χ1v) is 8.31. The van der Waals surface area contributed by atoms with Gasteiger partial charge >= 0.3 is 6.03 Å². The number of pyridine rings is 1. The molecule has 5 nitrogen and oxygen atoms in total. The molecule has 0 saturated heterocycles. The molecule has 1 aliphatic rings. The van der Waals surface area contributed by atoms with Crippen molar-refractivity contribution in [1.82, 2.24) is 4.98 Å². The summed E-state index contributed by atoms with van der Waals surface area (Å²) in [6.07, 6.45) is 2.43. The molecular formula is C20H19N3O2. The van der Waals surface area contributed by atoms with Crippen LogP contribution in [0.3, 0.4) is 0 Å². The smallest absolute Gasteiger partial charge is 0.319 e. The Morgan fingerprint density at radius 1 is 1.24 bits per heavy atom. The third-order valence-corrected chi connectivity index (χ3v) is 4.60. The van der Waals surface area contributed by atoms with E-state index >= 15 is 0 Å². The molecule has 2 N–H and O–H groups in total. The number of benzene rings is 2. The van der Waals surface area contributed by atoms with Crippen LogP contribution in [-0.4, -0.2) is 17.6 Å². The van der Waals surface area contributed by atoms with Crippen LogP contribution in [0.4, 0.5) is 10.5 Å². The van der Waals surface area contributed by atoms with Gasteiger partial charge in [0, 0.05) is 23.6 Å². The number of carbonyl (C=O) groups excluding carboxylic acids is 1. The van der Waals surface area contributed by atoms with E-state index < -0.39 is 6.03 Å². The van der Waals surface area contributed by atoms with Crippen molar-refractivity contribution in [3.8, 4) is 5.75 Å². The van der Waals surface area contributed by atoms with Gasteiger partial charge in [0.1, 0.15) is 5.75 Å². The Hall–Kier alpha value is -3.08. The van der Waals surface area contributed by atoms with Gasteiger partial charge in [0.25, 0.3) is 0 Å². The Bertz CT molecular complexity index is 949. The molecule has 0 aliphatic carbocycles. The molecule has 0 spiro atoms. The van der Waals surface area contributed by atoms with Crippen LogP contribution in [0.1, 0.15) is 23.6 Å². The summed E-state index contributed by atoms with van der Waals surface area (Å²) in [7, 11) is 0. The molecule has 1 aliphatic heterocycles. The molecule has 0 bridgehead atoms. The molecule has 3 aromatic rings. The summed E-state index contributed by atoms with van der Waals surface area (Å²) in [6.45, 7) is 2.58. The van der Waals surface area contributed by atoms with Gasteiger partial charge in [-0.15, -0.1) is 0 Å². The third kappa shape index (κ3) is 2.67. The zero-order valence-electron chi connectivity index (χ0n) is 14.0. The Morgan fingerprint density at radius 2 is 2.12 bits per heavy atom. The largest absolute Gasteiger partial charge is 0.493 e. The van der Waals surface area contributed by atoms with E-state index in [-0.39, 0.29) is 6.04 Å². The van der Waals surface area contributed by atoms with E-state index in [1.54, 1.807) is 11.1 Å². The number of rotatable bonds is 2. The fraction of sp³-hybridized carbons (Fsp3) is 0.200. The number of urea groups is 1. The van der Waals surface area contributed by atoms with Crippen molar-refractivity contribution in [3.05, 3.63) is 65.9 Å². The molecule has 1 aromatic heterocycles. The number of hydrogen-bond acceptors (Lipinski definition) is 3. The minimum atomic E-state index is -0.476. The Labute approximate surface area is 146 Å². The zero-order valence-corrected chi connectivity index (χ0v) is 14.0. The van der Waals surface area contributed by atoms with Gasteiger partial charge < -0.3 is 10.5 Å². The zero-order chi connectivity index (χ0) is 17.4. The van der Waals surface area contributed by atoms with E-state index in [0.29, 0.717) is 13.0 Å². The fourth-order valence-electron chi connectivity index (χ4n) is 3.50. The molecule has 126 valence electrons. The summed E-state index contributed by atoms with van der Waals surface area (Å²) in [5.41, 5.74) is 9.54. The lowest BCUT2D eigenvalue weighted by molar-refractivity contribution is 0.240. The molecule has 1 atom stereocenters. The number of fused-ring (bicyclic) bond motifs is 2. The van der Waals surface area contributed by atoms with Gasteiger partial charge in [-0.05, 0) is 37.3 Å².